The van der Waals surface area contributed by atoms with E-state index in [4.69, 9.17) is 0 Å². The zero-order valence-electron chi connectivity index (χ0n) is 10.7. The van der Waals surface area contributed by atoms with Crippen molar-refractivity contribution >= 4 is 16.4 Å². The predicted octanol–water partition coefficient (Wildman–Crippen LogP) is 1.81. The predicted molar refractivity (Wildman–Crippen MR) is 74.8 cm³/mol. The number of hydrogen-bond donors (Lipinski definition) is 2. The Labute approximate surface area is 108 Å². The van der Waals surface area contributed by atoms with Gasteiger partial charge in [-0.1, -0.05) is 31.5 Å². The first kappa shape index (κ1) is 11.8. The first-order valence-electron chi connectivity index (χ1n) is 6.47. The largest absolute Gasteiger partial charge is 0.334 e. The molecular formula is C14H15N3O2. The van der Waals surface area contributed by atoms with Gasteiger partial charge in [-0.25, -0.2) is 14.0 Å². The minimum atomic E-state index is -0.391. The van der Waals surface area contributed by atoms with Crippen LogP contribution in [0.25, 0.3) is 16.4 Å². The molecule has 1 aromatic carbocycles. The molecule has 0 saturated carbocycles. The summed E-state index contributed by atoms with van der Waals surface area (Å²) in [5, 5.41) is 0.895. The van der Waals surface area contributed by atoms with Crippen molar-refractivity contribution in [2.24, 2.45) is 0 Å². The molecule has 5 nitrogen and oxygen atoms in total. The van der Waals surface area contributed by atoms with E-state index >= 15 is 0 Å². The van der Waals surface area contributed by atoms with Gasteiger partial charge in [-0.05, 0) is 18.9 Å². The maximum atomic E-state index is 12.0. The van der Waals surface area contributed by atoms with Gasteiger partial charge >= 0.3 is 11.4 Å². The standard InChI is InChI=1S/C14H15N3O2/c1-2-3-7-11-12-9-6-4-5-8-10(9)15-13(18)17(12)14(19)16-11/h4-6,8H,2-3,7H2,1H3,(H,15,18)(H,16,19). The van der Waals surface area contributed by atoms with Crippen molar-refractivity contribution < 1.29 is 0 Å². The van der Waals surface area contributed by atoms with Gasteiger partial charge in [-0.3, -0.25) is 0 Å². The molecule has 5 heteroatoms. The van der Waals surface area contributed by atoms with Crippen LogP contribution in [-0.2, 0) is 6.42 Å². The molecule has 0 amide bonds. The Morgan fingerprint density at radius 1 is 1.11 bits per heavy atom. The van der Waals surface area contributed by atoms with E-state index in [1.54, 1.807) is 0 Å². The maximum Gasteiger partial charge on any atom is 0.334 e. The quantitative estimate of drug-likeness (QED) is 0.751. The number of aromatic nitrogens is 3. The van der Waals surface area contributed by atoms with Gasteiger partial charge in [0, 0.05) is 11.1 Å². The SMILES string of the molecule is CCCCc1[nH]c(=O)n2c(=O)[nH]c3ccccc3c12. The number of para-hydroxylation sites is 1. The van der Waals surface area contributed by atoms with Crippen molar-refractivity contribution in [1.82, 2.24) is 14.4 Å². The average Bonchev–Trinajstić information content (AvgIpc) is 2.74. The lowest BCUT2D eigenvalue weighted by atomic mass is 10.1. The highest BCUT2D eigenvalue weighted by atomic mass is 16.2. The van der Waals surface area contributed by atoms with Crippen molar-refractivity contribution in [2.45, 2.75) is 26.2 Å². The number of fused-ring (bicyclic) bond motifs is 3. The summed E-state index contributed by atoms with van der Waals surface area (Å²) in [5.74, 6) is 0. The van der Waals surface area contributed by atoms with E-state index < -0.39 is 5.69 Å². The number of aryl methyl sites for hydroxylation is 1. The molecule has 2 N–H and O–H groups in total. The Kier molecular flexibility index (Phi) is 2.74. The highest BCUT2D eigenvalue weighted by Crippen LogP contribution is 2.19. The summed E-state index contributed by atoms with van der Waals surface area (Å²) in [6, 6.07) is 7.54. The van der Waals surface area contributed by atoms with Gasteiger partial charge in [-0.15, -0.1) is 0 Å². The molecule has 2 aromatic heterocycles. The number of nitrogens with zero attached hydrogens (tertiary/aromatic N) is 1. The Bertz CT molecular complexity index is 854. The van der Waals surface area contributed by atoms with Crippen molar-refractivity contribution in [3.8, 4) is 0 Å². The Morgan fingerprint density at radius 3 is 2.63 bits per heavy atom. The van der Waals surface area contributed by atoms with Crippen LogP contribution >= 0.6 is 0 Å². The molecule has 2 heterocycles. The molecule has 0 spiro atoms. The third-order valence-corrected chi connectivity index (χ3v) is 3.38. The van der Waals surface area contributed by atoms with Crippen LogP contribution in [0.4, 0.5) is 0 Å². The first-order valence-corrected chi connectivity index (χ1v) is 6.47. The summed E-state index contributed by atoms with van der Waals surface area (Å²) in [6.07, 6.45) is 2.80. The summed E-state index contributed by atoms with van der Waals surface area (Å²) in [7, 11) is 0. The number of rotatable bonds is 3. The summed E-state index contributed by atoms with van der Waals surface area (Å²) >= 11 is 0. The molecule has 3 aromatic rings. The summed E-state index contributed by atoms with van der Waals surface area (Å²) in [4.78, 5) is 29.4. The van der Waals surface area contributed by atoms with Gasteiger partial charge < -0.3 is 9.97 Å². The normalized spacial score (nSPS) is 11.4. The van der Waals surface area contributed by atoms with E-state index in [1.807, 2.05) is 24.3 Å². The van der Waals surface area contributed by atoms with E-state index in [-0.39, 0.29) is 5.69 Å². The lowest BCUT2D eigenvalue weighted by molar-refractivity contribution is 0.783. The van der Waals surface area contributed by atoms with Crippen molar-refractivity contribution in [2.75, 3.05) is 0 Å². The highest BCUT2D eigenvalue weighted by molar-refractivity contribution is 5.94. The number of aromatic amines is 2. The second kappa shape index (κ2) is 4.42. The molecule has 0 fully saturated rings. The van der Waals surface area contributed by atoms with Gasteiger partial charge in [0.25, 0.3) is 0 Å². The fourth-order valence-electron chi connectivity index (χ4n) is 2.46. The molecule has 0 aliphatic heterocycles. The lowest BCUT2D eigenvalue weighted by Gasteiger charge is -2.02. The molecule has 0 bridgehead atoms. The van der Waals surface area contributed by atoms with E-state index in [1.165, 1.54) is 4.40 Å². The van der Waals surface area contributed by atoms with Crippen LogP contribution in [0, 0.1) is 0 Å². The Balaban J connectivity index is 2.46. The fraction of sp³-hybridized carbons (Fsp3) is 0.286. The second-order valence-corrected chi connectivity index (χ2v) is 4.67. The molecule has 0 saturated heterocycles. The van der Waals surface area contributed by atoms with Gasteiger partial charge in [0.05, 0.1) is 11.0 Å². The monoisotopic (exact) mass is 257 g/mol. The van der Waals surface area contributed by atoms with Crippen LogP contribution < -0.4 is 11.4 Å². The molecule has 0 unspecified atom stereocenters. The third-order valence-electron chi connectivity index (χ3n) is 3.38. The number of hydrogen-bond acceptors (Lipinski definition) is 2. The van der Waals surface area contributed by atoms with Gasteiger partial charge in [0.15, 0.2) is 0 Å². The number of nitrogens with one attached hydrogen (secondary N) is 2. The molecule has 0 aliphatic carbocycles. The van der Waals surface area contributed by atoms with E-state index in [0.29, 0.717) is 5.52 Å². The van der Waals surface area contributed by atoms with Crippen LogP contribution in [-0.4, -0.2) is 14.4 Å². The highest BCUT2D eigenvalue weighted by Gasteiger charge is 2.13. The van der Waals surface area contributed by atoms with Gasteiger partial charge in [0.2, 0.25) is 0 Å². The van der Waals surface area contributed by atoms with E-state index in [2.05, 4.69) is 16.9 Å². The average molecular weight is 257 g/mol. The minimum absolute atomic E-state index is 0.367. The molecule has 98 valence electrons. The van der Waals surface area contributed by atoms with E-state index in [9.17, 15) is 9.59 Å². The number of benzene rings is 1. The lowest BCUT2D eigenvalue weighted by Crippen LogP contribution is -2.25. The molecular weight excluding hydrogens is 242 g/mol. The van der Waals surface area contributed by atoms with Crippen molar-refractivity contribution in [3.63, 3.8) is 0 Å². The topological polar surface area (TPSA) is 70.1 Å². The maximum absolute atomic E-state index is 12.0. The summed E-state index contributed by atoms with van der Waals surface area (Å²) < 4.78 is 1.19. The van der Waals surface area contributed by atoms with Crippen molar-refractivity contribution in [1.29, 1.82) is 0 Å². The molecule has 0 atom stereocenters. The fourth-order valence-corrected chi connectivity index (χ4v) is 2.46. The minimum Gasteiger partial charge on any atom is -0.309 e. The number of H-pyrrole nitrogens is 2. The van der Waals surface area contributed by atoms with Crippen LogP contribution in [0.15, 0.2) is 33.9 Å². The molecule has 0 radical (unpaired) electrons. The molecule has 19 heavy (non-hydrogen) atoms. The van der Waals surface area contributed by atoms with Crippen molar-refractivity contribution in [3.05, 3.63) is 50.9 Å². The smallest absolute Gasteiger partial charge is 0.309 e. The zero-order valence-corrected chi connectivity index (χ0v) is 10.7. The first-order chi connectivity index (χ1) is 9.22. The number of imidazole rings is 1. The third kappa shape index (κ3) is 1.78. The summed E-state index contributed by atoms with van der Waals surface area (Å²) in [6.45, 7) is 2.10. The molecule has 0 aliphatic rings. The van der Waals surface area contributed by atoms with Gasteiger partial charge in [-0.2, -0.15) is 0 Å². The second-order valence-electron chi connectivity index (χ2n) is 4.67. The number of unbranched alkanes of at least 4 members (excludes halogenated alkanes) is 1. The van der Waals surface area contributed by atoms with Crippen LogP contribution in [0.3, 0.4) is 0 Å². The van der Waals surface area contributed by atoms with Gasteiger partial charge in [0.1, 0.15) is 0 Å². The zero-order chi connectivity index (χ0) is 13.4. The van der Waals surface area contributed by atoms with Crippen LogP contribution in [0.2, 0.25) is 0 Å². The van der Waals surface area contributed by atoms with Crippen LogP contribution in [0.5, 0.6) is 0 Å². The van der Waals surface area contributed by atoms with Crippen LogP contribution in [0.1, 0.15) is 25.5 Å². The Hall–Kier alpha value is -2.30. The Morgan fingerprint density at radius 2 is 1.84 bits per heavy atom. The summed E-state index contributed by atoms with van der Waals surface area (Å²) in [5.41, 5.74) is 1.54. The molecule has 3 rings (SSSR count). The van der Waals surface area contributed by atoms with E-state index in [0.717, 1.165) is 35.9 Å².